The zero-order chi connectivity index (χ0) is 21.9. The quantitative estimate of drug-likeness (QED) is 0.816. The molecule has 1 aromatic carbocycles. The van der Waals surface area contributed by atoms with Gasteiger partial charge in [-0.3, -0.25) is 9.69 Å². The molecule has 0 radical (unpaired) electrons. The van der Waals surface area contributed by atoms with Crippen LogP contribution < -0.4 is 5.73 Å². The Bertz CT molecular complexity index is 959. The molecule has 0 bridgehead atoms. The number of hydrogen-bond acceptors (Lipinski definition) is 4. The number of fused-ring (bicyclic) bond motifs is 3. The Morgan fingerprint density at radius 1 is 1.43 bits per heavy atom. The van der Waals surface area contributed by atoms with Crippen molar-refractivity contribution in [3.63, 3.8) is 0 Å². The van der Waals surface area contributed by atoms with Gasteiger partial charge < -0.3 is 5.73 Å². The number of guanidine groups is 1. The van der Waals surface area contributed by atoms with E-state index in [-0.39, 0.29) is 23.8 Å². The molecule has 5 nitrogen and oxygen atoms in total. The highest BCUT2D eigenvalue weighted by Crippen LogP contribution is 2.63. The highest BCUT2D eigenvalue weighted by atomic mass is 19.1. The van der Waals surface area contributed by atoms with Gasteiger partial charge in [0.05, 0.1) is 18.2 Å². The van der Waals surface area contributed by atoms with Gasteiger partial charge in [-0.05, 0) is 74.6 Å². The second-order valence-corrected chi connectivity index (χ2v) is 10.1. The summed E-state index contributed by atoms with van der Waals surface area (Å²) in [7, 11) is 0. The maximum atomic E-state index is 14.5. The monoisotopic (exact) mass is 410 g/mol. The van der Waals surface area contributed by atoms with Gasteiger partial charge in [0.2, 0.25) is 0 Å². The average molecular weight is 411 g/mol. The lowest BCUT2D eigenvalue weighted by Gasteiger charge is -2.48. The minimum absolute atomic E-state index is 0.0898. The lowest BCUT2D eigenvalue weighted by Crippen LogP contribution is -2.54. The molecular weight excluding hydrogens is 379 g/mol. The molecule has 30 heavy (non-hydrogen) atoms. The van der Waals surface area contributed by atoms with Crippen LogP contribution in [0, 0.1) is 28.6 Å². The van der Waals surface area contributed by atoms with E-state index in [1.807, 2.05) is 18.2 Å². The molecule has 1 aromatic rings. The van der Waals surface area contributed by atoms with Gasteiger partial charge in [0.1, 0.15) is 5.67 Å². The summed E-state index contributed by atoms with van der Waals surface area (Å²) in [5.74, 6) is 0.946. The molecule has 1 heterocycles. The number of benzene rings is 1. The van der Waals surface area contributed by atoms with Crippen molar-refractivity contribution in [2.24, 2.45) is 28.0 Å². The van der Waals surface area contributed by atoms with E-state index in [2.05, 4.69) is 19.9 Å². The van der Waals surface area contributed by atoms with E-state index in [0.717, 1.165) is 43.2 Å². The lowest BCUT2D eigenvalue weighted by molar-refractivity contribution is -0.139. The summed E-state index contributed by atoms with van der Waals surface area (Å²) in [6.45, 7) is 7.25. The second kappa shape index (κ2) is 6.80. The molecule has 0 aromatic heterocycles. The van der Waals surface area contributed by atoms with E-state index >= 15 is 0 Å². The van der Waals surface area contributed by atoms with E-state index in [0.29, 0.717) is 17.4 Å². The Balaban J connectivity index is 1.90. The predicted molar refractivity (Wildman–Crippen MR) is 114 cm³/mol. The largest absolute Gasteiger partial charge is 0.369 e. The highest BCUT2D eigenvalue weighted by Gasteiger charge is 2.67. The van der Waals surface area contributed by atoms with Crippen LogP contribution in [0.1, 0.15) is 70.1 Å². The van der Waals surface area contributed by atoms with Crippen LogP contribution in [0.2, 0.25) is 0 Å². The molecule has 0 saturated heterocycles. The SMILES string of the molecule is CC[C@@H]1C[C@]2(CC[C@H]1C)Cc1ccc(C#N)cc1[C@]21N=C(N)N(CC(C)(C)F)C1=O. The highest BCUT2D eigenvalue weighted by molar-refractivity contribution is 6.08. The number of halogens is 1. The van der Waals surface area contributed by atoms with Gasteiger partial charge in [-0.15, -0.1) is 0 Å². The summed E-state index contributed by atoms with van der Waals surface area (Å²) >= 11 is 0. The number of rotatable bonds is 3. The molecule has 2 N–H and O–H groups in total. The van der Waals surface area contributed by atoms with Gasteiger partial charge >= 0.3 is 0 Å². The maximum absolute atomic E-state index is 14.5. The van der Waals surface area contributed by atoms with Gasteiger partial charge in [0, 0.05) is 5.41 Å². The Hall–Kier alpha value is -2.42. The first-order valence-corrected chi connectivity index (χ1v) is 11.0. The van der Waals surface area contributed by atoms with Crippen molar-refractivity contribution in [2.45, 2.75) is 71.0 Å². The molecule has 2 spiro atoms. The number of alkyl halides is 1. The van der Waals surface area contributed by atoms with Crippen LogP contribution >= 0.6 is 0 Å². The Labute approximate surface area is 178 Å². The molecule has 1 saturated carbocycles. The minimum Gasteiger partial charge on any atom is -0.369 e. The van der Waals surface area contributed by atoms with Crippen molar-refractivity contribution in [2.75, 3.05) is 6.54 Å². The van der Waals surface area contributed by atoms with Crippen molar-refractivity contribution < 1.29 is 9.18 Å². The fourth-order valence-corrected chi connectivity index (χ4v) is 6.12. The van der Waals surface area contributed by atoms with E-state index in [1.54, 1.807) is 0 Å². The molecule has 160 valence electrons. The topological polar surface area (TPSA) is 82.5 Å². The fourth-order valence-electron chi connectivity index (χ4n) is 6.12. The van der Waals surface area contributed by atoms with E-state index in [4.69, 9.17) is 10.7 Å². The zero-order valence-corrected chi connectivity index (χ0v) is 18.3. The van der Waals surface area contributed by atoms with E-state index in [9.17, 15) is 14.4 Å². The normalized spacial score (nSPS) is 33.1. The van der Waals surface area contributed by atoms with Crippen LogP contribution in [-0.4, -0.2) is 29.0 Å². The predicted octanol–water partition coefficient (Wildman–Crippen LogP) is 4.05. The molecule has 4 atom stereocenters. The van der Waals surface area contributed by atoms with Crippen molar-refractivity contribution in [3.05, 3.63) is 34.9 Å². The second-order valence-electron chi connectivity index (χ2n) is 10.1. The number of hydrogen-bond donors (Lipinski definition) is 1. The summed E-state index contributed by atoms with van der Waals surface area (Å²) in [5.41, 5.74) is 5.50. The molecule has 1 amide bonds. The van der Waals surface area contributed by atoms with Gasteiger partial charge in [-0.2, -0.15) is 5.26 Å². The van der Waals surface area contributed by atoms with Gasteiger partial charge in [-0.25, -0.2) is 9.38 Å². The zero-order valence-electron chi connectivity index (χ0n) is 18.3. The standard InChI is InChI=1S/C24H31FN4O/c1-5-17-11-23(9-8-15(17)2)12-18-7-6-16(13-26)10-19(18)24(23)20(30)29(21(27)28-24)14-22(3,4)25/h6-7,10,15,17H,5,8-9,11-12,14H2,1-4H3,(H2,27,28)/t15-,17-,23-,24-/m1/s1. The average Bonchev–Trinajstić information content (AvgIpc) is 3.09. The number of amides is 1. The minimum atomic E-state index is -1.59. The van der Waals surface area contributed by atoms with E-state index < -0.39 is 11.2 Å². The third-order valence-electron chi connectivity index (χ3n) is 7.63. The summed E-state index contributed by atoms with van der Waals surface area (Å²) in [6, 6.07) is 7.77. The van der Waals surface area contributed by atoms with Gasteiger partial charge in [0.15, 0.2) is 11.5 Å². The number of nitrogens with two attached hydrogens (primary N) is 1. The first-order chi connectivity index (χ1) is 14.1. The molecule has 4 rings (SSSR count). The van der Waals surface area contributed by atoms with Crippen LogP contribution in [0.5, 0.6) is 0 Å². The lowest BCUT2D eigenvalue weighted by atomic mass is 9.57. The molecule has 3 aliphatic rings. The molecular formula is C24H31FN4O. The summed E-state index contributed by atoms with van der Waals surface area (Å²) in [6.07, 6.45) is 4.57. The van der Waals surface area contributed by atoms with Crippen LogP contribution in [0.15, 0.2) is 23.2 Å². The van der Waals surface area contributed by atoms with Crippen molar-refractivity contribution in [1.82, 2.24) is 4.90 Å². The first kappa shape index (κ1) is 20.8. The van der Waals surface area contributed by atoms with Crippen LogP contribution in [0.3, 0.4) is 0 Å². The van der Waals surface area contributed by atoms with Gasteiger partial charge in [-0.1, -0.05) is 26.3 Å². The molecule has 2 aliphatic carbocycles. The Kier molecular flexibility index (Phi) is 4.72. The van der Waals surface area contributed by atoms with Crippen LogP contribution in [0.4, 0.5) is 4.39 Å². The van der Waals surface area contributed by atoms with Crippen molar-refractivity contribution in [1.29, 1.82) is 5.26 Å². The third-order valence-corrected chi connectivity index (χ3v) is 7.63. The smallest absolute Gasteiger partial charge is 0.262 e. The maximum Gasteiger partial charge on any atom is 0.262 e. The number of aliphatic imine (C=N–C) groups is 1. The van der Waals surface area contributed by atoms with Crippen molar-refractivity contribution in [3.8, 4) is 6.07 Å². The molecule has 0 unspecified atom stereocenters. The molecule has 1 fully saturated rings. The van der Waals surface area contributed by atoms with Crippen molar-refractivity contribution >= 4 is 11.9 Å². The van der Waals surface area contributed by atoms with Gasteiger partial charge in [0.25, 0.3) is 5.91 Å². The number of carbonyl (C=O) groups is 1. The number of carbonyl (C=O) groups excluding carboxylic acids is 1. The summed E-state index contributed by atoms with van der Waals surface area (Å²) in [5, 5.41) is 9.48. The Morgan fingerprint density at radius 2 is 2.17 bits per heavy atom. The summed E-state index contributed by atoms with van der Waals surface area (Å²) < 4.78 is 14.5. The number of nitriles is 1. The first-order valence-electron chi connectivity index (χ1n) is 11.0. The Morgan fingerprint density at radius 3 is 2.80 bits per heavy atom. The third kappa shape index (κ3) is 2.85. The molecule has 1 aliphatic heterocycles. The fraction of sp³-hybridized carbons (Fsp3) is 0.625. The van der Waals surface area contributed by atoms with Crippen LogP contribution in [-0.2, 0) is 16.8 Å². The summed E-state index contributed by atoms with van der Waals surface area (Å²) in [4.78, 5) is 20.2. The number of nitrogens with zero attached hydrogens (tertiary/aromatic N) is 3. The van der Waals surface area contributed by atoms with Crippen LogP contribution in [0.25, 0.3) is 0 Å². The van der Waals surface area contributed by atoms with E-state index in [1.165, 1.54) is 18.7 Å². The molecule has 6 heteroatoms.